The molecule has 4 nitrogen and oxygen atoms in total. The number of anilines is 2. The highest BCUT2D eigenvalue weighted by Crippen LogP contribution is 2.20. The van der Waals surface area contributed by atoms with Gasteiger partial charge in [-0.25, -0.2) is 0 Å². The molecular formula is C26H29N3O. The van der Waals surface area contributed by atoms with Crippen LogP contribution in [0.5, 0.6) is 0 Å². The molecule has 0 aromatic heterocycles. The highest BCUT2D eigenvalue weighted by Gasteiger charge is 2.23. The van der Waals surface area contributed by atoms with Gasteiger partial charge in [-0.2, -0.15) is 0 Å². The van der Waals surface area contributed by atoms with Gasteiger partial charge in [-0.05, 0) is 42.3 Å². The van der Waals surface area contributed by atoms with E-state index in [1.807, 2.05) is 53.4 Å². The lowest BCUT2D eigenvalue weighted by Crippen LogP contribution is -2.50. The Balaban J connectivity index is 1.40. The van der Waals surface area contributed by atoms with Gasteiger partial charge < -0.3 is 9.80 Å². The summed E-state index contributed by atoms with van der Waals surface area (Å²) in [4.78, 5) is 19.9. The number of piperazine rings is 1. The third kappa shape index (κ3) is 5.08. The maximum atomic E-state index is 13.3. The maximum Gasteiger partial charge on any atom is 0.241 e. The number of rotatable bonds is 6. The van der Waals surface area contributed by atoms with Crippen LogP contribution >= 0.6 is 0 Å². The van der Waals surface area contributed by atoms with Crippen LogP contribution in [0.1, 0.15) is 11.1 Å². The van der Waals surface area contributed by atoms with E-state index in [2.05, 4.69) is 53.1 Å². The molecule has 0 saturated carbocycles. The summed E-state index contributed by atoms with van der Waals surface area (Å²) in [6, 6.07) is 28.8. The zero-order chi connectivity index (χ0) is 20.8. The largest absolute Gasteiger partial charge is 0.369 e. The maximum absolute atomic E-state index is 13.3. The first-order valence-electron chi connectivity index (χ1n) is 10.6. The van der Waals surface area contributed by atoms with E-state index >= 15 is 0 Å². The Morgan fingerprint density at radius 2 is 1.50 bits per heavy atom. The molecule has 1 amide bonds. The highest BCUT2D eigenvalue weighted by atomic mass is 16.2. The molecule has 3 aromatic carbocycles. The fraction of sp³-hybridized carbons (Fsp3) is 0.269. The van der Waals surface area contributed by atoms with E-state index < -0.39 is 0 Å². The summed E-state index contributed by atoms with van der Waals surface area (Å²) in [5.74, 6) is 0.147. The van der Waals surface area contributed by atoms with E-state index in [1.165, 1.54) is 11.3 Å². The Bertz CT molecular complexity index is 950. The molecule has 0 N–H and O–H groups in total. The van der Waals surface area contributed by atoms with Gasteiger partial charge in [0.05, 0.1) is 13.1 Å². The SMILES string of the molecule is Cc1cccc(N2CCN(CC(=O)N(Cc3ccccc3)c3ccccc3)CC2)c1. The molecule has 154 valence electrons. The van der Waals surface area contributed by atoms with Crippen LogP contribution in [0.15, 0.2) is 84.9 Å². The molecule has 0 bridgehead atoms. The summed E-state index contributed by atoms with van der Waals surface area (Å²) in [6.45, 7) is 6.85. The summed E-state index contributed by atoms with van der Waals surface area (Å²) in [5, 5.41) is 0. The van der Waals surface area contributed by atoms with Crippen molar-refractivity contribution in [2.75, 3.05) is 42.5 Å². The van der Waals surface area contributed by atoms with Gasteiger partial charge in [0.2, 0.25) is 5.91 Å². The molecule has 0 unspecified atom stereocenters. The average Bonchev–Trinajstić information content (AvgIpc) is 2.79. The van der Waals surface area contributed by atoms with Gasteiger partial charge >= 0.3 is 0 Å². The number of carbonyl (C=O) groups excluding carboxylic acids is 1. The molecule has 0 radical (unpaired) electrons. The highest BCUT2D eigenvalue weighted by molar-refractivity contribution is 5.94. The number of carbonyl (C=O) groups is 1. The quantitative estimate of drug-likeness (QED) is 0.617. The van der Waals surface area contributed by atoms with Crippen LogP contribution in [-0.2, 0) is 11.3 Å². The number of hydrogen-bond donors (Lipinski definition) is 0. The van der Waals surface area contributed by atoms with Crippen LogP contribution in [0.25, 0.3) is 0 Å². The van der Waals surface area contributed by atoms with E-state index in [1.54, 1.807) is 0 Å². The fourth-order valence-electron chi connectivity index (χ4n) is 3.96. The number of aryl methyl sites for hydroxylation is 1. The number of nitrogens with zero attached hydrogens (tertiary/aromatic N) is 3. The Hall–Kier alpha value is -3.11. The Kier molecular flexibility index (Phi) is 6.45. The van der Waals surface area contributed by atoms with E-state index in [0.717, 1.165) is 37.4 Å². The Morgan fingerprint density at radius 3 is 2.17 bits per heavy atom. The third-order valence-corrected chi connectivity index (χ3v) is 5.65. The van der Waals surface area contributed by atoms with E-state index in [-0.39, 0.29) is 5.91 Å². The molecule has 4 rings (SSSR count). The molecular weight excluding hydrogens is 370 g/mol. The van der Waals surface area contributed by atoms with Crippen molar-refractivity contribution in [2.24, 2.45) is 0 Å². The van der Waals surface area contributed by atoms with E-state index in [0.29, 0.717) is 13.1 Å². The first kappa shape index (κ1) is 20.2. The molecule has 0 spiro atoms. The van der Waals surface area contributed by atoms with E-state index in [9.17, 15) is 4.79 Å². The molecule has 1 fully saturated rings. The van der Waals surface area contributed by atoms with Crippen molar-refractivity contribution in [3.63, 3.8) is 0 Å². The Labute approximate surface area is 179 Å². The zero-order valence-corrected chi connectivity index (χ0v) is 17.6. The summed E-state index contributed by atoms with van der Waals surface area (Å²) in [5.41, 5.74) is 4.64. The minimum absolute atomic E-state index is 0.147. The number of amides is 1. The molecule has 30 heavy (non-hydrogen) atoms. The van der Waals surface area contributed by atoms with Crippen LogP contribution in [-0.4, -0.2) is 43.5 Å². The van der Waals surface area contributed by atoms with Gasteiger partial charge in [-0.1, -0.05) is 60.7 Å². The summed E-state index contributed by atoms with van der Waals surface area (Å²) < 4.78 is 0. The third-order valence-electron chi connectivity index (χ3n) is 5.65. The second-order valence-electron chi connectivity index (χ2n) is 7.90. The molecule has 1 aliphatic heterocycles. The van der Waals surface area contributed by atoms with Gasteiger partial charge in [0.1, 0.15) is 0 Å². The lowest BCUT2D eigenvalue weighted by atomic mass is 10.1. The second kappa shape index (κ2) is 9.59. The summed E-state index contributed by atoms with van der Waals surface area (Å²) in [6.07, 6.45) is 0. The normalized spacial score (nSPS) is 14.5. The van der Waals surface area contributed by atoms with Crippen LogP contribution in [0, 0.1) is 6.92 Å². The molecule has 1 saturated heterocycles. The molecule has 0 aliphatic carbocycles. The number of hydrogen-bond acceptors (Lipinski definition) is 3. The van der Waals surface area contributed by atoms with Crippen LogP contribution < -0.4 is 9.80 Å². The number of para-hydroxylation sites is 1. The molecule has 4 heteroatoms. The van der Waals surface area contributed by atoms with Gasteiger partial charge in [0.15, 0.2) is 0 Å². The van der Waals surface area contributed by atoms with Gasteiger partial charge in [-0.3, -0.25) is 9.69 Å². The summed E-state index contributed by atoms with van der Waals surface area (Å²) in [7, 11) is 0. The smallest absolute Gasteiger partial charge is 0.241 e. The monoisotopic (exact) mass is 399 g/mol. The van der Waals surface area contributed by atoms with Crippen molar-refractivity contribution in [2.45, 2.75) is 13.5 Å². The standard InChI is InChI=1S/C26H29N3O/c1-22-9-8-14-25(19-22)28-17-15-27(16-18-28)21-26(30)29(24-12-6-3-7-13-24)20-23-10-4-2-5-11-23/h2-14,19H,15-18,20-21H2,1H3. The van der Waals surface area contributed by atoms with Crippen molar-refractivity contribution in [3.05, 3.63) is 96.1 Å². The van der Waals surface area contributed by atoms with Crippen LogP contribution in [0.3, 0.4) is 0 Å². The van der Waals surface area contributed by atoms with Gasteiger partial charge in [0.25, 0.3) is 0 Å². The topological polar surface area (TPSA) is 26.8 Å². The fourth-order valence-corrected chi connectivity index (χ4v) is 3.96. The molecule has 1 heterocycles. The minimum Gasteiger partial charge on any atom is -0.369 e. The summed E-state index contributed by atoms with van der Waals surface area (Å²) >= 11 is 0. The van der Waals surface area contributed by atoms with Crippen molar-refractivity contribution in [1.82, 2.24) is 4.90 Å². The number of benzene rings is 3. The Morgan fingerprint density at radius 1 is 0.833 bits per heavy atom. The predicted molar refractivity (Wildman–Crippen MR) is 124 cm³/mol. The lowest BCUT2D eigenvalue weighted by molar-refractivity contribution is -0.120. The molecule has 3 aromatic rings. The van der Waals surface area contributed by atoms with E-state index in [4.69, 9.17) is 0 Å². The van der Waals surface area contributed by atoms with Crippen LogP contribution in [0.2, 0.25) is 0 Å². The zero-order valence-electron chi connectivity index (χ0n) is 17.6. The average molecular weight is 400 g/mol. The predicted octanol–water partition coefficient (Wildman–Crippen LogP) is 4.35. The first-order chi connectivity index (χ1) is 14.7. The van der Waals surface area contributed by atoms with Crippen LogP contribution in [0.4, 0.5) is 11.4 Å². The molecule has 0 atom stereocenters. The van der Waals surface area contributed by atoms with Gasteiger partial charge in [0, 0.05) is 37.6 Å². The van der Waals surface area contributed by atoms with Crippen molar-refractivity contribution in [3.8, 4) is 0 Å². The lowest BCUT2D eigenvalue weighted by Gasteiger charge is -2.36. The second-order valence-corrected chi connectivity index (χ2v) is 7.90. The van der Waals surface area contributed by atoms with Crippen molar-refractivity contribution >= 4 is 17.3 Å². The first-order valence-corrected chi connectivity index (χ1v) is 10.6. The van der Waals surface area contributed by atoms with Crippen molar-refractivity contribution < 1.29 is 4.79 Å². The minimum atomic E-state index is 0.147. The van der Waals surface area contributed by atoms with Gasteiger partial charge in [-0.15, -0.1) is 0 Å². The molecule has 1 aliphatic rings. The van der Waals surface area contributed by atoms with Crippen molar-refractivity contribution in [1.29, 1.82) is 0 Å².